The average molecular weight is 274 g/mol. The molecular weight excluding hydrogens is 256 g/mol. The third-order valence-electron chi connectivity index (χ3n) is 3.99. The molecule has 1 atom stereocenters. The lowest BCUT2D eigenvalue weighted by Crippen LogP contribution is -2.07. The molecule has 1 saturated heterocycles. The first-order chi connectivity index (χ1) is 9.66. The quantitative estimate of drug-likeness (QED) is 0.930. The number of carbonyl (C=O) groups is 1. The Morgan fingerprint density at radius 1 is 1.55 bits per heavy atom. The van der Waals surface area contributed by atoms with Crippen LogP contribution in [0.25, 0.3) is 11.0 Å². The molecule has 2 heterocycles. The molecule has 0 spiro atoms. The fourth-order valence-electron chi connectivity index (χ4n) is 2.84. The fourth-order valence-corrected chi connectivity index (χ4v) is 2.84. The fraction of sp³-hybridized carbons (Fsp3) is 0.467. The molecule has 1 aliphatic heterocycles. The van der Waals surface area contributed by atoms with E-state index in [9.17, 15) is 9.90 Å². The number of fused-ring (bicyclic) bond motifs is 1. The Balaban J connectivity index is 1.92. The topological polar surface area (TPSA) is 64.3 Å². The Hall–Kier alpha value is -1.88. The number of carboxylic acids is 1. The second kappa shape index (κ2) is 5.25. The molecule has 2 aromatic rings. The van der Waals surface area contributed by atoms with Gasteiger partial charge in [-0.2, -0.15) is 0 Å². The van der Waals surface area contributed by atoms with E-state index < -0.39 is 5.97 Å². The predicted octanol–water partition coefficient (Wildman–Crippen LogP) is 2.47. The van der Waals surface area contributed by atoms with E-state index in [1.807, 2.05) is 13.0 Å². The van der Waals surface area contributed by atoms with Gasteiger partial charge in [0.2, 0.25) is 0 Å². The van der Waals surface area contributed by atoms with E-state index in [-0.39, 0.29) is 5.56 Å². The van der Waals surface area contributed by atoms with Crippen LogP contribution in [-0.4, -0.2) is 33.8 Å². The predicted molar refractivity (Wildman–Crippen MR) is 75.0 cm³/mol. The Morgan fingerprint density at radius 3 is 3.10 bits per heavy atom. The summed E-state index contributed by atoms with van der Waals surface area (Å²) in [4.78, 5) is 15.7. The van der Waals surface area contributed by atoms with E-state index in [0.717, 1.165) is 43.9 Å². The van der Waals surface area contributed by atoms with Crippen LogP contribution >= 0.6 is 0 Å². The third-order valence-corrected chi connectivity index (χ3v) is 3.99. The van der Waals surface area contributed by atoms with E-state index in [1.165, 1.54) is 0 Å². The second-order valence-corrected chi connectivity index (χ2v) is 5.31. The van der Waals surface area contributed by atoms with Crippen LogP contribution in [0, 0.1) is 12.8 Å². The molecule has 20 heavy (non-hydrogen) atoms. The number of hydrogen-bond acceptors (Lipinski definition) is 3. The summed E-state index contributed by atoms with van der Waals surface area (Å²) in [5, 5.41) is 9.22. The molecule has 1 aliphatic rings. The normalized spacial score (nSPS) is 18.8. The molecular formula is C15H18N2O3. The summed E-state index contributed by atoms with van der Waals surface area (Å²) in [6.45, 7) is 4.49. The number of aryl methyl sites for hydroxylation is 2. The van der Waals surface area contributed by atoms with E-state index in [0.29, 0.717) is 11.4 Å². The first kappa shape index (κ1) is 13.1. The van der Waals surface area contributed by atoms with Gasteiger partial charge in [-0.3, -0.25) is 0 Å². The zero-order valence-corrected chi connectivity index (χ0v) is 11.5. The van der Waals surface area contributed by atoms with Crippen molar-refractivity contribution in [3.63, 3.8) is 0 Å². The van der Waals surface area contributed by atoms with Crippen molar-refractivity contribution in [1.82, 2.24) is 9.55 Å². The lowest BCUT2D eigenvalue weighted by atomic mass is 10.1. The van der Waals surface area contributed by atoms with Crippen molar-refractivity contribution in [3.8, 4) is 0 Å². The minimum atomic E-state index is -0.926. The number of aromatic nitrogens is 2. The first-order valence-electron chi connectivity index (χ1n) is 6.93. The molecule has 5 nitrogen and oxygen atoms in total. The van der Waals surface area contributed by atoms with Gasteiger partial charge in [0.05, 0.1) is 11.1 Å². The van der Waals surface area contributed by atoms with E-state index in [2.05, 4.69) is 9.55 Å². The number of ether oxygens (including phenoxy) is 1. The van der Waals surface area contributed by atoms with Crippen LogP contribution in [-0.2, 0) is 11.3 Å². The van der Waals surface area contributed by atoms with Crippen LogP contribution in [0.4, 0.5) is 0 Å². The number of aromatic carboxylic acids is 1. The van der Waals surface area contributed by atoms with Crippen molar-refractivity contribution < 1.29 is 14.6 Å². The molecule has 106 valence electrons. The first-order valence-corrected chi connectivity index (χ1v) is 6.93. The van der Waals surface area contributed by atoms with Gasteiger partial charge in [-0.1, -0.05) is 6.07 Å². The van der Waals surface area contributed by atoms with Crippen LogP contribution in [0.2, 0.25) is 0 Å². The summed E-state index contributed by atoms with van der Waals surface area (Å²) >= 11 is 0. The van der Waals surface area contributed by atoms with E-state index in [4.69, 9.17) is 4.74 Å². The highest BCUT2D eigenvalue weighted by Gasteiger charge is 2.18. The molecule has 0 amide bonds. The SMILES string of the molecule is Cc1nc2c(C(=O)O)cccc2n1CCC1CCOC1. The Morgan fingerprint density at radius 2 is 2.40 bits per heavy atom. The van der Waals surface area contributed by atoms with Crippen LogP contribution < -0.4 is 0 Å². The second-order valence-electron chi connectivity index (χ2n) is 5.31. The molecule has 5 heteroatoms. The van der Waals surface area contributed by atoms with Crippen molar-refractivity contribution in [2.75, 3.05) is 13.2 Å². The van der Waals surface area contributed by atoms with Crippen molar-refractivity contribution >= 4 is 17.0 Å². The standard InChI is InChI=1S/C15H18N2O3/c1-10-16-14-12(15(18)19)3-2-4-13(14)17(10)7-5-11-6-8-20-9-11/h2-4,11H,5-9H2,1H3,(H,18,19). The number of carboxylic acid groups (broad SMARTS) is 1. The van der Waals surface area contributed by atoms with Crippen LogP contribution in [0.15, 0.2) is 18.2 Å². The highest BCUT2D eigenvalue weighted by molar-refractivity contribution is 6.01. The van der Waals surface area contributed by atoms with Gasteiger partial charge in [-0.05, 0) is 37.8 Å². The Labute approximate surface area is 117 Å². The van der Waals surface area contributed by atoms with E-state index in [1.54, 1.807) is 12.1 Å². The number of hydrogen-bond donors (Lipinski definition) is 1. The summed E-state index contributed by atoms with van der Waals surface area (Å²) in [6, 6.07) is 5.32. The monoisotopic (exact) mass is 274 g/mol. The maximum atomic E-state index is 11.2. The molecule has 1 unspecified atom stereocenters. The molecule has 1 aromatic heterocycles. The lowest BCUT2D eigenvalue weighted by molar-refractivity contribution is 0.0699. The van der Waals surface area contributed by atoms with Crippen LogP contribution in [0.1, 0.15) is 29.0 Å². The van der Waals surface area contributed by atoms with Gasteiger partial charge in [0.15, 0.2) is 0 Å². The van der Waals surface area contributed by atoms with Crippen molar-refractivity contribution in [3.05, 3.63) is 29.6 Å². The molecule has 3 rings (SSSR count). The summed E-state index contributed by atoms with van der Waals surface area (Å²) in [7, 11) is 0. The molecule has 1 fully saturated rings. The van der Waals surface area contributed by atoms with Crippen molar-refractivity contribution in [2.24, 2.45) is 5.92 Å². The summed E-state index contributed by atoms with van der Waals surface area (Å²) in [5.41, 5.74) is 1.76. The zero-order chi connectivity index (χ0) is 14.1. The van der Waals surface area contributed by atoms with Gasteiger partial charge < -0.3 is 14.4 Å². The van der Waals surface area contributed by atoms with Gasteiger partial charge >= 0.3 is 5.97 Å². The van der Waals surface area contributed by atoms with Gasteiger partial charge in [-0.15, -0.1) is 0 Å². The molecule has 1 N–H and O–H groups in total. The number of benzene rings is 1. The molecule has 0 aliphatic carbocycles. The average Bonchev–Trinajstić information content (AvgIpc) is 3.02. The molecule has 0 radical (unpaired) electrons. The highest BCUT2D eigenvalue weighted by Crippen LogP contribution is 2.23. The zero-order valence-electron chi connectivity index (χ0n) is 11.5. The maximum Gasteiger partial charge on any atom is 0.337 e. The number of rotatable bonds is 4. The lowest BCUT2D eigenvalue weighted by Gasteiger charge is -2.10. The molecule has 1 aromatic carbocycles. The largest absolute Gasteiger partial charge is 0.478 e. The smallest absolute Gasteiger partial charge is 0.337 e. The van der Waals surface area contributed by atoms with Gasteiger partial charge in [0, 0.05) is 19.8 Å². The number of nitrogens with zero attached hydrogens (tertiary/aromatic N) is 2. The number of imidazole rings is 1. The summed E-state index contributed by atoms with van der Waals surface area (Å²) < 4.78 is 7.50. The summed E-state index contributed by atoms with van der Waals surface area (Å²) in [6.07, 6.45) is 2.16. The van der Waals surface area contributed by atoms with Gasteiger partial charge in [-0.25, -0.2) is 9.78 Å². The Bertz CT molecular complexity index is 642. The minimum absolute atomic E-state index is 0.272. The van der Waals surface area contributed by atoms with Gasteiger partial charge in [0.25, 0.3) is 0 Å². The Kier molecular flexibility index (Phi) is 3.44. The minimum Gasteiger partial charge on any atom is -0.478 e. The van der Waals surface area contributed by atoms with Crippen LogP contribution in [0.3, 0.4) is 0 Å². The maximum absolute atomic E-state index is 11.2. The third kappa shape index (κ3) is 2.29. The van der Waals surface area contributed by atoms with E-state index >= 15 is 0 Å². The van der Waals surface area contributed by atoms with Gasteiger partial charge in [0.1, 0.15) is 11.3 Å². The van der Waals surface area contributed by atoms with Crippen molar-refractivity contribution in [2.45, 2.75) is 26.3 Å². The highest BCUT2D eigenvalue weighted by atomic mass is 16.5. The summed E-state index contributed by atoms with van der Waals surface area (Å²) in [5.74, 6) is 0.548. The molecule has 0 saturated carbocycles. The van der Waals surface area contributed by atoms with Crippen molar-refractivity contribution in [1.29, 1.82) is 0 Å². The molecule has 0 bridgehead atoms. The van der Waals surface area contributed by atoms with Crippen LogP contribution in [0.5, 0.6) is 0 Å². The number of para-hydroxylation sites is 1.